The Morgan fingerprint density at radius 1 is 1.86 bits per heavy atom. The van der Waals surface area contributed by atoms with Crippen LogP contribution in [0.25, 0.3) is 0 Å². The standard InChI is InChI=1S/C4H4OS2/c5-3-1-2-7-4(3)6/h1-3,5H. The second-order valence-electron chi connectivity index (χ2n) is 1.21. The van der Waals surface area contributed by atoms with Crippen LogP contribution in [0.5, 0.6) is 0 Å². The van der Waals surface area contributed by atoms with Crippen molar-refractivity contribution in [3.63, 3.8) is 0 Å². The van der Waals surface area contributed by atoms with Gasteiger partial charge in [-0.15, -0.1) is 0 Å². The van der Waals surface area contributed by atoms with Gasteiger partial charge in [0, 0.05) is 0 Å². The molecule has 0 aromatic rings. The third-order valence-electron chi connectivity index (χ3n) is 0.687. The van der Waals surface area contributed by atoms with Gasteiger partial charge in [-0.2, -0.15) is 0 Å². The molecule has 1 nitrogen and oxygen atoms in total. The molecule has 1 aliphatic rings. The van der Waals surface area contributed by atoms with Crippen LogP contribution < -0.4 is 0 Å². The van der Waals surface area contributed by atoms with Crippen LogP contribution in [0, 0.1) is 0 Å². The quantitative estimate of drug-likeness (QED) is 0.495. The Hall–Kier alpha value is 0.140. The Morgan fingerprint density at radius 3 is 2.71 bits per heavy atom. The van der Waals surface area contributed by atoms with Crippen molar-refractivity contribution in [1.82, 2.24) is 0 Å². The maximum atomic E-state index is 8.75. The summed E-state index contributed by atoms with van der Waals surface area (Å²) in [5.41, 5.74) is 0. The number of aliphatic hydroxyl groups is 1. The summed E-state index contributed by atoms with van der Waals surface area (Å²) in [6, 6.07) is 0. The molecule has 0 fully saturated rings. The zero-order valence-electron chi connectivity index (χ0n) is 3.50. The van der Waals surface area contributed by atoms with Crippen molar-refractivity contribution >= 4 is 28.2 Å². The number of hydrogen-bond acceptors (Lipinski definition) is 3. The van der Waals surface area contributed by atoms with Gasteiger partial charge in [0.25, 0.3) is 0 Å². The van der Waals surface area contributed by atoms with E-state index in [1.165, 1.54) is 11.8 Å². The fraction of sp³-hybridized carbons (Fsp3) is 0.250. The molecule has 1 heterocycles. The number of hydrogen-bond donors (Lipinski definition) is 1. The minimum absolute atomic E-state index is 0.472. The molecular weight excluding hydrogens is 128 g/mol. The molecule has 0 radical (unpaired) electrons. The van der Waals surface area contributed by atoms with E-state index in [0.717, 1.165) is 0 Å². The van der Waals surface area contributed by atoms with Crippen LogP contribution in [-0.2, 0) is 0 Å². The van der Waals surface area contributed by atoms with E-state index < -0.39 is 6.10 Å². The first-order valence-corrected chi connectivity index (χ1v) is 3.15. The van der Waals surface area contributed by atoms with E-state index in [2.05, 4.69) is 0 Å². The Balaban J connectivity index is 2.62. The van der Waals surface area contributed by atoms with Crippen LogP contribution in [0.2, 0.25) is 0 Å². The van der Waals surface area contributed by atoms with Gasteiger partial charge in [-0.05, 0) is 11.5 Å². The summed E-state index contributed by atoms with van der Waals surface area (Å²) < 4.78 is 0.653. The van der Waals surface area contributed by atoms with E-state index in [0.29, 0.717) is 4.20 Å². The van der Waals surface area contributed by atoms with Gasteiger partial charge in [0.2, 0.25) is 0 Å². The maximum Gasteiger partial charge on any atom is 0.114 e. The van der Waals surface area contributed by atoms with Crippen molar-refractivity contribution in [2.24, 2.45) is 0 Å². The van der Waals surface area contributed by atoms with Crippen LogP contribution in [-0.4, -0.2) is 15.4 Å². The van der Waals surface area contributed by atoms with Crippen LogP contribution in [0.4, 0.5) is 0 Å². The Labute approximate surface area is 51.4 Å². The van der Waals surface area contributed by atoms with Gasteiger partial charge in [-0.3, -0.25) is 0 Å². The summed E-state index contributed by atoms with van der Waals surface area (Å²) >= 11 is 6.10. The summed E-state index contributed by atoms with van der Waals surface area (Å²) in [4.78, 5) is 0. The maximum absolute atomic E-state index is 8.75. The predicted octanol–water partition coefficient (Wildman–Crippen LogP) is 0.935. The summed E-state index contributed by atoms with van der Waals surface area (Å²) in [5, 5.41) is 10.5. The number of rotatable bonds is 0. The van der Waals surface area contributed by atoms with Crippen molar-refractivity contribution in [2.45, 2.75) is 6.10 Å². The van der Waals surface area contributed by atoms with Crippen LogP contribution in [0.3, 0.4) is 0 Å². The molecule has 7 heavy (non-hydrogen) atoms. The molecule has 1 N–H and O–H groups in total. The highest BCUT2D eigenvalue weighted by atomic mass is 32.2. The first kappa shape index (κ1) is 5.28. The topological polar surface area (TPSA) is 20.2 Å². The van der Waals surface area contributed by atoms with Gasteiger partial charge in [0.1, 0.15) is 6.10 Å². The zero-order valence-corrected chi connectivity index (χ0v) is 5.13. The van der Waals surface area contributed by atoms with Gasteiger partial charge < -0.3 is 5.11 Å². The molecule has 38 valence electrons. The van der Waals surface area contributed by atoms with Gasteiger partial charge in [-0.25, -0.2) is 0 Å². The molecule has 0 saturated carbocycles. The Bertz CT molecular complexity index is 119. The highest BCUT2D eigenvalue weighted by Crippen LogP contribution is 2.17. The summed E-state index contributed by atoms with van der Waals surface area (Å²) in [7, 11) is 0. The first-order valence-electron chi connectivity index (χ1n) is 1.86. The summed E-state index contributed by atoms with van der Waals surface area (Å²) in [5.74, 6) is 0. The number of thioether (sulfide) groups is 1. The third kappa shape index (κ3) is 1.02. The van der Waals surface area contributed by atoms with Crippen LogP contribution in [0.1, 0.15) is 0 Å². The minimum Gasteiger partial charge on any atom is -0.383 e. The van der Waals surface area contributed by atoms with E-state index in [-0.39, 0.29) is 0 Å². The van der Waals surface area contributed by atoms with Crippen molar-refractivity contribution in [1.29, 1.82) is 0 Å². The first-order chi connectivity index (χ1) is 3.30. The van der Waals surface area contributed by atoms with E-state index >= 15 is 0 Å². The molecule has 1 atom stereocenters. The van der Waals surface area contributed by atoms with E-state index in [9.17, 15) is 0 Å². The Morgan fingerprint density at radius 2 is 2.57 bits per heavy atom. The molecule has 0 amide bonds. The monoisotopic (exact) mass is 132 g/mol. The highest BCUT2D eigenvalue weighted by molar-refractivity contribution is 8.25. The van der Waals surface area contributed by atoms with Gasteiger partial charge in [-0.1, -0.05) is 24.0 Å². The van der Waals surface area contributed by atoms with E-state index in [1.807, 2.05) is 0 Å². The fourth-order valence-electron chi connectivity index (χ4n) is 0.329. The minimum atomic E-state index is -0.472. The number of thiocarbonyl (C=S) groups is 1. The second-order valence-corrected chi connectivity index (χ2v) is 2.86. The summed E-state index contributed by atoms with van der Waals surface area (Å²) in [6.45, 7) is 0. The molecule has 0 spiro atoms. The fourth-order valence-corrected chi connectivity index (χ4v) is 1.15. The lowest BCUT2D eigenvalue weighted by atomic mass is 10.4. The molecule has 1 rings (SSSR count). The van der Waals surface area contributed by atoms with E-state index in [4.69, 9.17) is 17.3 Å². The molecule has 1 unspecified atom stereocenters. The lowest BCUT2D eigenvalue weighted by molar-refractivity contribution is 0.295. The Kier molecular flexibility index (Phi) is 1.46. The lowest BCUT2D eigenvalue weighted by Crippen LogP contribution is -2.05. The van der Waals surface area contributed by atoms with Crippen molar-refractivity contribution in [2.75, 3.05) is 0 Å². The van der Waals surface area contributed by atoms with Crippen molar-refractivity contribution in [3.05, 3.63) is 11.5 Å². The lowest BCUT2D eigenvalue weighted by Gasteiger charge is -1.92. The normalized spacial score (nSPS) is 29.3. The molecule has 0 aromatic carbocycles. The highest BCUT2D eigenvalue weighted by Gasteiger charge is 2.10. The third-order valence-corrected chi connectivity index (χ3v) is 1.98. The molecular formula is C4H4OS2. The average molecular weight is 132 g/mol. The predicted molar refractivity (Wildman–Crippen MR) is 35.3 cm³/mol. The summed E-state index contributed by atoms with van der Waals surface area (Å²) in [6.07, 6.45) is 1.20. The molecule has 0 bridgehead atoms. The largest absolute Gasteiger partial charge is 0.383 e. The van der Waals surface area contributed by atoms with Gasteiger partial charge in [0.15, 0.2) is 0 Å². The van der Waals surface area contributed by atoms with Crippen LogP contribution >= 0.6 is 24.0 Å². The SMILES string of the molecule is OC1C=CSC1=S. The van der Waals surface area contributed by atoms with E-state index in [1.54, 1.807) is 11.5 Å². The van der Waals surface area contributed by atoms with Crippen molar-refractivity contribution in [3.8, 4) is 0 Å². The molecule has 1 aliphatic heterocycles. The molecule has 0 aromatic heterocycles. The molecule has 3 heteroatoms. The molecule has 0 saturated heterocycles. The van der Waals surface area contributed by atoms with Crippen LogP contribution in [0.15, 0.2) is 11.5 Å². The second kappa shape index (κ2) is 1.94. The molecule has 0 aliphatic carbocycles. The zero-order chi connectivity index (χ0) is 5.28. The van der Waals surface area contributed by atoms with Gasteiger partial charge >= 0.3 is 0 Å². The van der Waals surface area contributed by atoms with Crippen molar-refractivity contribution < 1.29 is 5.11 Å². The number of aliphatic hydroxyl groups excluding tert-OH is 1. The average Bonchev–Trinajstić information content (AvgIpc) is 1.91. The smallest absolute Gasteiger partial charge is 0.114 e. The van der Waals surface area contributed by atoms with Gasteiger partial charge in [0.05, 0.1) is 4.20 Å².